The normalized spacial score (nSPS) is 7.62. The Balaban J connectivity index is 0. The van der Waals surface area contributed by atoms with E-state index >= 15 is 0 Å². The van der Waals surface area contributed by atoms with E-state index in [1.807, 2.05) is 0 Å². The van der Waals surface area contributed by atoms with Gasteiger partial charge in [-0.15, -0.1) is 11.6 Å². The molecule has 0 radical (unpaired) electrons. The largest absolute Gasteiger partial charge is 0.481 e. The van der Waals surface area contributed by atoms with Gasteiger partial charge in [0.2, 0.25) is 0 Å². The molecule has 0 aromatic carbocycles. The van der Waals surface area contributed by atoms with Gasteiger partial charge in [0.05, 0.1) is 0 Å². The van der Waals surface area contributed by atoms with Crippen molar-refractivity contribution >= 4 is 17.6 Å². The molecule has 0 amide bonds. The molecule has 0 aliphatic heterocycles. The van der Waals surface area contributed by atoms with Crippen molar-refractivity contribution in [2.75, 3.05) is 5.88 Å². The number of rotatable bonds is 3. The summed E-state index contributed by atoms with van der Waals surface area (Å²) in [5.41, 5.74) is 0. The van der Waals surface area contributed by atoms with Crippen LogP contribution in [0.3, 0.4) is 0 Å². The molecule has 0 heterocycles. The third-order valence-corrected chi connectivity index (χ3v) is 0.792. The van der Waals surface area contributed by atoms with E-state index < -0.39 is 5.97 Å². The zero-order valence-corrected chi connectivity index (χ0v) is 8.28. The average Bonchev–Trinajstić information content (AvgIpc) is 1.61. The third-order valence-electron chi connectivity index (χ3n) is 0.524. The van der Waals surface area contributed by atoms with Crippen molar-refractivity contribution in [2.24, 2.45) is 0 Å². The Hall–Kier alpha value is 0.383. The number of hydrogen-bond acceptors (Lipinski definition) is 1. The summed E-state index contributed by atoms with van der Waals surface area (Å²) in [5, 5.41) is 7.99. The van der Waals surface area contributed by atoms with E-state index in [0.29, 0.717) is 12.3 Å². The van der Waals surface area contributed by atoms with Crippen molar-refractivity contribution in [2.45, 2.75) is 12.8 Å². The molecule has 0 saturated carbocycles. The van der Waals surface area contributed by atoms with E-state index in [-0.39, 0.29) is 25.9 Å². The molecule has 0 aliphatic carbocycles. The molecule has 8 heavy (non-hydrogen) atoms. The minimum absolute atomic E-state index is 0. The number of hydrogen-bond donors (Lipinski definition) is 1. The van der Waals surface area contributed by atoms with Crippen LogP contribution in [0.5, 0.6) is 0 Å². The van der Waals surface area contributed by atoms with Crippen LogP contribution in [-0.4, -0.2) is 17.0 Å². The fourth-order valence-electron chi connectivity index (χ4n) is 0.218. The van der Waals surface area contributed by atoms with Gasteiger partial charge < -0.3 is 5.11 Å². The summed E-state index contributed by atoms with van der Waals surface area (Å²) >= 11 is 5.18. The number of aliphatic carboxylic acids is 1. The Morgan fingerprint density at radius 2 is 2.12 bits per heavy atom. The quantitative estimate of drug-likeness (QED) is 0.531. The topological polar surface area (TPSA) is 37.3 Å². The van der Waals surface area contributed by atoms with E-state index in [1.165, 1.54) is 0 Å². The summed E-state index contributed by atoms with van der Waals surface area (Å²) in [7, 11) is 0. The fourth-order valence-corrected chi connectivity index (χ4v) is 0.352. The van der Waals surface area contributed by atoms with Gasteiger partial charge in [-0.25, -0.2) is 0 Å². The average molecular weight is 188 g/mol. The number of halogens is 1. The van der Waals surface area contributed by atoms with Crippen LogP contribution in [0, 0.1) is 0 Å². The van der Waals surface area contributed by atoms with Crippen LogP contribution in [0.15, 0.2) is 0 Å². The number of carboxylic acids is 1. The summed E-state index contributed by atoms with van der Waals surface area (Å²) in [6, 6.07) is 0. The van der Waals surface area contributed by atoms with Gasteiger partial charge in [0.25, 0.3) is 0 Å². The Morgan fingerprint density at radius 1 is 1.62 bits per heavy atom. The van der Waals surface area contributed by atoms with Crippen molar-refractivity contribution in [3.05, 3.63) is 0 Å². The summed E-state index contributed by atoms with van der Waals surface area (Å²) in [4.78, 5) is 9.70. The molecule has 44 valence electrons. The predicted molar refractivity (Wildman–Crippen MR) is 27.6 cm³/mol. The summed E-state index contributed by atoms with van der Waals surface area (Å²) in [6.07, 6.45) is 0.750. The van der Waals surface area contributed by atoms with Gasteiger partial charge >= 0.3 is 5.97 Å². The van der Waals surface area contributed by atoms with Crippen molar-refractivity contribution in [3.63, 3.8) is 0 Å². The van der Waals surface area contributed by atoms with Crippen molar-refractivity contribution < 1.29 is 29.4 Å². The SMILES string of the molecule is O=C(O)CCCCl.[Zn]. The Labute approximate surface area is 66.0 Å². The molecule has 0 saturated heterocycles. The molecule has 0 fully saturated rings. The van der Waals surface area contributed by atoms with Crippen LogP contribution < -0.4 is 0 Å². The predicted octanol–water partition coefficient (Wildman–Crippen LogP) is 1.09. The van der Waals surface area contributed by atoms with Gasteiger partial charge in [-0.05, 0) is 6.42 Å². The van der Waals surface area contributed by atoms with Gasteiger partial charge in [0.15, 0.2) is 0 Å². The Bertz CT molecular complexity index is 67.1. The van der Waals surface area contributed by atoms with E-state index in [4.69, 9.17) is 16.7 Å². The first-order chi connectivity index (χ1) is 3.27. The molecule has 2 nitrogen and oxygen atoms in total. The smallest absolute Gasteiger partial charge is 0.303 e. The van der Waals surface area contributed by atoms with Gasteiger partial charge in [-0.1, -0.05) is 0 Å². The van der Waals surface area contributed by atoms with Crippen LogP contribution in [0.25, 0.3) is 0 Å². The van der Waals surface area contributed by atoms with Gasteiger partial charge in [0.1, 0.15) is 0 Å². The molecular formula is C4H7ClO2Zn. The standard InChI is InChI=1S/C4H7ClO2.Zn/c5-3-1-2-4(6)7;/h1-3H2,(H,6,7);. The van der Waals surface area contributed by atoms with Crippen LogP contribution in [0.4, 0.5) is 0 Å². The number of carbonyl (C=O) groups is 1. The van der Waals surface area contributed by atoms with Crippen molar-refractivity contribution in [3.8, 4) is 0 Å². The first kappa shape index (κ1) is 11.2. The van der Waals surface area contributed by atoms with E-state index in [2.05, 4.69) is 0 Å². The Morgan fingerprint density at radius 3 is 2.25 bits per heavy atom. The zero-order valence-electron chi connectivity index (χ0n) is 4.56. The molecule has 0 unspecified atom stereocenters. The summed E-state index contributed by atoms with van der Waals surface area (Å²) < 4.78 is 0. The summed E-state index contributed by atoms with van der Waals surface area (Å²) in [5.74, 6) is -0.340. The second-order valence-corrected chi connectivity index (χ2v) is 1.56. The van der Waals surface area contributed by atoms with Crippen LogP contribution in [-0.2, 0) is 24.3 Å². The Kier molecular flexibility index (Phi) is 10.4. The third kappa shape index (κ3) is 9.63. The first-order valence-corrected chi connectivity index (χ1v) is 2.58. The molecular weight excluding hydrogens is 181 g/mol. The molecule has 0 atom stereocenters. The summed E-state index contributed by atoms with van der Waals surface area (Å²) in [6.45, 7) is 0. The van der Waals surface area contributed by atoms with E-state index in [0.717, 1.165) is 0 Å². The fraction of sp³-hybridized carbons (Fsp3) is 0.750. The van der Waals surface area contributed by atoms with Crippen LogP contribution >= 0.6 is 11.6 Å². The first-order valence-electron chi connectivity index (χ1n) is 2.05. The molecule has 0 aromatic rings. The molecule has 1 N–H and O–H groups in total. The minimum atomic E-state index is -0.777. The second-order valence-electron chi connectivity index (χ2n) is 1.19. The van der Waals surface area contributed by atoms with Gasteiger partial charge in [-0.2, -0.15) is 0 Å². The monoisotopic (exact) mass is 186 g/mol. The number of carboxylic acid groups (broad SMARTS) is 1. The van der Waals surface area contributed by atoms with Crippen molar-refractivity contribution in [1.82, 2.24) is 0 Å². The molecule has 0 spiro atoms. The maximum Gasteiger partial charge on any atom is 0.303 e. The van der Waals surface area contributed by atoms with Gasteiger partial charge in [-0.3, -0.25) is 4.79 Å². The second kappa shape index (κ2) is 7.38. The van der Waals surface area contributed by atoms with E-state index in [9.17, 15) is 4.79 Å². The molecule has 4 heteroatoms. The van der Waals surface area contributed by atoms with Crippen molar-refractivity contribution in [1.29, 1.82) is 0 Å². The molecule has 0 rings (SSSR count). The number of alkyl halides is 1. The van der Waals surface area contributed by atoms with Crippen LogP contribution in [0.2, 0.25) is 0 Å². The minimum Gasteiger partial charge on any atom is -0.481 e. The molecule has 0 bridgehead atoms. The molecule has 0 aromatic heterocycles. The zero-order chi connectivity index (χ0) is 5.70. The van der Waals surface area contributed by atoms with E-state index in [1.54, 1.807) is 0 Å². The van der Waals surface area contributed by atoms with Crippen LogP contribution in [0.1, 0.15) is 12.8 Å². The maximum atomic E-state index is 9.70. The maximum absolute atomic E-state index is 9.70. The molecule has 0 aliphatic rings. The van der Waals surface area contributed by atoms with Gasteiger partial charge in [0, 0.05) is 31.8 Å².